The lowest BCUT2D eigenvalue weighted by molar-refractivity contribution is -0.145. The number of carbonyl (C=O) groups excluding carboxylic acids is 3. The fourth-order valence-electron chi connectivity index (χ4n) is 3.58. The molecule has 1 N–H and O–H groups in total. The Morgan fingerprint density at radius 3 is 2.29 bits per heavy atom. The molecule has 1 aliphatic heterocycles. The van der Waals surface area contributed by atoms with Crippen LogP contribution in [0, 0.1) is 5.41 Å². The fourth-order valence-corrected chi connectivity index (χ4v) is 3.58. The molecule has 7 heteroatoms. The molecule has 0 aromatic heterocycles. The van der Waals surface area contributed by atoms with E-state index in [4.69, 9.17) is 4.74 Å². The number of nitrogens with one attached hydrogen (secondary N) is 1. The number of nitrogens with zero attached hydrogens (tertiary/aromatic N) is 2. The maximum atomic E-state index is 12.9. The van der Waals surface area contributed by atoms with E-state index in [-0.39, 0.29) is 17.9 Å². The van der Waals surface area contributed by atoms with Crippen LogP contribution in [0.2, 0.25) is 0 Å². The largest absolute Gasteiger partial charge is 0.450 e. The van der Waals surface area contributed by atoms with Gasteiger partial charge in [-0.1, -0.05) is 30.3 Å². The van der Waals surface area contributed by atoms with Crippen molar-refractivity contribution in [3.8, 4) is 0 Å². The number of rotatable bonds is 7. The Morgan fingerprint density at radius 2 is 1.68 bits per heavy atom. The van der Waals surface area contributed by atoms with E-state index in [1.807, 2.05) is 18.2 Å². The Kier molecular flexibility index (Phi) is 6.54. The van der Waals surface area contributed by atoms with Crippen molar-refractivity contribution in [2.24, 2.45) is 5.41 Å². The predicted octanol–water partition coefficient (Wildman–Crippen LogP) is 1.82. The topological polar surface area (TPSA) is 79.0 Å². The summed E-state index contributed by atoms with van der Waals surface area (Å²) >= 11 is 0. The molecule has 1 heterocycles. The highest BCUT2D eigenvalue weighted by atomic mass is 16.6. The minimum Gasteiger partial charge on any atom is -0.450 e. The van der Waals surface area contributed by atoms with Crippen molar-refractivity contribution in [1.82, 2.24) is 15.1 Å². The third-order valence-electron chi connectivity index (χ3n) is 5.46. The van der Waals surface area contributed by atoms with E-state index >= 15 is 0 Å². The molecule has 0 spiro atoms. The van der Waals surface area contributed by atoms with Crippen LogP contribution in [0.5, 0.6) is 0 Å². The van der Waals surface area contributed by atoms with Gasteiger partial charge in [0, 0.05) is 32.7 Å². The van der Waals surface area contributed by atoms with Gasteiger partial charge in [-0.15, -0.1) is 0 Å². The fraction of sp³-hybridized carbons (Fsp3) is 0.571. The molecular formula is C21H29N3O4. The van der Waals surface area contributed by atoms with Gasteiger partial charge in [-0.3, -0.25) is 9.59 Å². The number of hydrogen-bond acceptors (Lipinski definition) is 4. The van der Waals surface area contributed by atoms with Gasteiger partial charge in [0.15, 0.2) is 0 Å². The summed E-state index contributed by atoms with van der Waals surface area (Å²) in [4.78, 5) is 40.6. The van der Waals surface area contributed by atoms with Gasteiger partial charge < -0.3 is 19.9 Å². The second-order valence-corrected chi connectivity index (χ2v) is 7.41. The summed E-state index contributed by atoms with van der Waals surface area (Å²) < 4.78 is 5.00. The second kappa shape index (κ2) is 9.08. The van der Waals surface area contributed by atoms with E-state index in [1.54, 1.807) is 16.7 Å². The standard InChI is InChI=1S/C21H29N3O4/c1-2-28-20(27)24-15-13-23(14-16-24)19(26)21(10-11-21)18(25)22-12-6-9-17-7-4-3-5-8-17/h3-5,7-8H,2,6,9-16H2,1H3,(H,22,25). The second-order valence-electron chi connectivity index (χ2n) is 7.41. The van der Waals surface area contributed by atoms with Crippen molar-refractivity contribution < 1.29 is 19.1 Å². The SMILES string of the molecule is CCOC(=O)N1CCN(C(=O)C2(C(=O)NCCCc3ccccc3)CC2)CC1. The highest BCUT2D eigenvalue weighted by Gasteiger charge is 2.58. The zero-order valence-electron chi connectivity index (χ0n) is 16.5. The van der Waals surface area contributed by atoms with E-state index in [9.17, 15) is 14.4 Å². The van der Waals surface area contributed by atoms with E-state index in [0.717, 1.165) is 12.8 Å². The maximum Gasteiger partial charge on any atom is 0.409 e. The molecule has 152 valence electrons. The van der Waals surface area contributed by atoms with Crippen molar-refractivity contribution in [3.63, 3.8) is 0 Å². The molecule has 1 aliphatic carbocycles. The number of carbonyl (C=O) groups is 3. The average Bonchev–Trinajstić information content (AvgIpc) is 3.54. The molecule has 0 radical (unpaired) electrons. The van der Waals surface area contributed by atoms with E-state index in [0.29, 0.717) is 52.2 Å². The number of piperazine rings is 1. The van der Waals surface area contributed by atoms with Gasteiger partial charge in [-0.25, -0.2) is 4.79 Å². The number of amides is 3. The smallest absolute Gasteiger partial charge is 0.409 e. The van der Waals surface area contributed by atoms with Gasteiger partial charge in [0.2, 0.25) is 11.8 Å². The summed E-state index contributed by atoms with van der Waals surface area (Å²) in [5.74, 6) is -0.255. The van der Waals surface area contributed by atoms with Gasteiger partial charge in [-0.2, -0.15) is 0 Å². The third-order valence-corrected chi connectivity index (χ3v) is 5.46. The minimum atomic E-state index is -0.890. The summed E-state index contributed by atoms with van der Waals surface area (Å²) in [5, 5.41) is 2.95. The summed E-state index contributed by atoms with van der Waals surface area (Å²) in [5.41, 5.74) is 0.354. The first-order valence-electron chi connectivity index (χ1n) is 10.1. The van der Waals surface area contributed by atoms with E-state index < -0.39 is 5.41 Å². The normalized spacial score (nSPS) is 17.8. The summed E-state index contributed by atoms with van der Waals surface area (Å²) in [6, 6.07) is 10.1. The van der Waals surface area contributed by atoms with E-state index in [1.165, 1.54) is 5.56 Å². The van der Waals surface area contributed by atoms with Crippen LogP contribution in [0.4, 0.5) is 4.79 Å². The lowest BCUT2D eigenvalue weighted by Crippen LogP contribution is -2.54. The Labute approximate surface area is 166 Å². The molecule has 0 atom stereocenters. The molecule has 28 heavy (non-hydrogen) atoms. The van der Waals surface area contributed by atoms with Crippen LogP contribution in [-0.2, 0) is 20.7 Å². The van der Waals surface area contributed by atoms with Gasteiger partial charge in [0.05, 0.1) is 6.61 Å². The first kappa shape index (κ1) is 20.2. The highest BCUT2D eigenvalue weighted by Crippen LogP contribution is 2.47. The molecule has 1 saturated heterocycles. The Balaban J connectivity index is 1.43. The van der Waals surface area contributed by atoms with Gasteiger partial charge >= 0.3 is 6.09 Å². The van der Waals surface area contributed by atoms with Crippen LogP contribution in [0.1, 0.15) is 31.7 Å². The quantitative estimate of drug-likeness (QED) is 0.572. The molecule has 3 amide bonds. The summed E-state index contributed by atoms with van der Waals surface area (Å²) in [6.45, 7) is 4.46. The maximum absolute atomic E-state index is 12.9. The highest BCUT2D eigenvalue weighted by molar-refractivity contribution is 6.07. The number of benzene rings is 1. The van der Waals surface area contributed by atoms with Gasteiger partial charge in [0.1, 0.15) is 5.41 Å². The van der Waals surface area contributed by atoms with Crippen molar-refractivity contribution in [3.05, 3.63) is 35.9 Å². The number of aryl methyl sites for hydroxylation is 1. The molecule has 7 nitrogen and oxygen atoms in total. The van der Waals surface area contributed by atoms with Crippen molar-refractivity contribution in [2.75, 3.05) is 39.3 Å². The monoisotopic (exact) mass is 387 g/mol. The molecule has 0 bridgehead atoms. The van der Waals surface area contributed by atoms with Gasteiger partial charge in [0.25, 0.3) is 0 Å². The first-order valence-corrected chi connectivity index (χ1v) is 10.1. The zero-order valence-corrected chi connectivity index (χ0v) is 16.5. The van der Waals surface area contributed by atoms with Crippen molar-refractivity contribution in [1.29, 1.82) is 0 Å². The Hall–Kier alpha value is -2.57. The van der Waals surface area contributed by atoms with Crippen molar-refractivity contribution >= 4 is 17.9 Å². The molecule has 0 unspecified atom stereocenters. The lowest BCUT2D eigenvalue weighted by Gasteiger charge is -2.35. The van der Waals surface area contributed by atoms with Gasteiger partial charge in [-0.05, 0) is 38.2 Å². The average molecular weight is 387 g/mol. The Morgan fingerprint density at radius 1 is 1.04 bits per heavy atom. The summed E-state index contributed by atoms with van der Waals surface area (Å²) in [7, 11) is 0. The number of ether oxygens (including phenoxy) is 1. The zero-order chi connectivity index (χ0) is 20.0. The molecule has 1 aromatic carbocycles. The molecule has 2 fully saturated rings. The van der Waals surface area contributed by atoms with Crippen LogP contribution in [-0.4, -0.2) is 67.0 Å². The minimum absolute atomic E-state index is 0.100. The third kappa shape index (κ3) is 4.64. The van der Waals surface area contributed by atoms with Crippen LogP contribution in [0.25, 0.3) is 0 Å². The van der Waals surface area contributed by atoms with Crippen LogP contribution >= 0.6 is 0 Å². The molecule has 2 aliphatic rings. The first-order chi connectivity index (χ1) is 13.6. The van der Waals surface area contributed by atoms with Crippen LogP contribution in [0.15, 0.2) is 30.3 Å². The van der Waals surface area contributed by atoms with Crippen LogP contribution in [0.3, 0.4) is 0 Å². The lowest BCUT2D eigenvalue weighted by atomic mass is 10.0. The summed E-state index contributed by atoms with van der Waals surface area (Å²) in [6.07, 6.45) is 2.62. The van der Waals surface area contributed by atoms with Crippen LogP contribution < -0.4 is 5.32 Å². The van der Waals surface area contributed by atoms with E-state index in [2.05, 4.69) is 17.4 Å². The Bertz CT molecular complexity index is 695. The number of hydrogen-bond donors (Lipinski definition) is 1. The van der Waals surface area contributed by atoms with Crippen molar-refractivity contribution in [2.45, 2.75) is 32.6 Å². The molecular weight excluding hydrogens is 358 g/mol. The predicted molar refractivity (Wildman–Crippen MR) is 105 cm³/mol. The molecule has 1 aromatic rings. The molecule has 3 rings (SSSR count). The molecule has 1 saturated carbocycles.